The van der Waals surface area contributed by atoms with Crippen LogP contribution in [0.5, 0.6) is 0 Å². The molecule has 0 fully saturated rings. The van der Waals surface area contributed by atoms with Crippen LogP contribution in [0.25, 0.3) is 0 Å². The predicted molar refractivity (Wildman–Crippen MR) is 43.7 cm³/mol. The molecule has 6 heteroatoms. The van der Waals surface area contributed by atoms with Gasteiger partial charge in [0.05, 0.1) is 5.56 Å². The number of hydrogen-bond donors (Lipinski definition) is 1. The number of nitriles is 1. The van der Waals surface area contributed by atoms with Crippen LogP contribution in [-0.4, -0.2) is 11.3 Å². The van der Waals surface area contributed by atoms with E-state index in [2.05, 4.69) is 4.98 Å². The lowest BCUT2D eigenvalue weighted by Gasteiger charge is -2.04. The number of pyridine rings is 1. The number of rotatable bonds is 2. The van der Waals surface area contributed by atoms with Gasteiger partial charge in [-0.05, 0) is 6.07 Å². The van der Waals surface area contributed by atoms with Crippen molar-refractivity contribution in [2.45, 2.75) is 6.43 Å². The van der Waals surface area contributed by atoms with Crippen molar-refractivity contribution in [1.29, 1.82) is 5.26 Å². The fourth-order valence-corrected chi connectivity index (χ4v) is 0.979. The Bertz CT molecular complexity index is 412. The molecule has 1 aromatic heterocycles. The first-order valence-corrected chi connectivity index (χ1v) is 3.54. The van der Waals surface area contributed by atoms with Crippen LogP contribution in [0.3, 0.4) is 0 Å². The lowest BCUT2D eigenvalue weighted by atomic mass is 10.1. The zero-order valence-electron chi connectivity index (χ0n) is 6.87. The van der Waals surface area contributed by atoms with Crippen LogP contribution in [0.1, 0.15) is 28.0 Å². The number of nitrogen functional groups attached to an aromatic ring is 1. The standard InChI is InChI=1S/C8H5F2N3O/c9-8(10)7-5(2-11)4(3-14)1-6(12)13-7/h1,3,8H,(H2,12,13). The topological polar surface area (TPSA) is 79.8 Å². The highest BCUT2D eigenvalue weighted by Crippen LogP contribution is 2.23. The molecular weight excluding hydrogens is 192 g/mol. The van der Waals surface area contributed by atoms with Gasteiger partial charge < -0.3 is 5.73 Å². The second-order valence-electron chi connectivity index (χ2n) is 2.43. The molecule has 2 N–H and O–H groups in total. The van der Waals surface area contributed by atoms with Crippen LogP contribution < -0.4 is 5.73 Å². The van der Waals surface area contributed by atoms with Crippen molar-refractivity contribution < 1.29 is 13.6 Å². The van der Waals surface area contributed by atoms with Gasteiger partial charge in [-0.15, -0.1) is 0 Å². The highest BCUT2D eigenvalue weighted by atomic mass is 19.3. The average molecular weight is 197 g/mol. The molecule has 1 aromatic rings. The second-order valence-corrected chi connectivity index (χ2v) is 2.43. The van der Waals surface area contributed by atoms with E-state index in [1.807, 2.05) is 0 Å². The Morgan fingerprint density at radius 1 is 1.64 bits per heavy atom. The monoisotopic (exact) mass is 197 g/mol. The van der Waals surface area contributed by atoms with Crippen LogP contribution in [0.2, 0.25) is 0 Å². The maximum Gasteiger partial charge on any atom is 0.281 e. The maximum atomic E-state index is 12.3. The van der Waals surface area contributed by atoms with Crippen molar-refractivity contribution in [3.05, 3.63) is 22.9 Å². The minimum absolute atomic E-state index is 0.171. The summed E-state index contributed by atoms with van der Waals surface area (Å²) in [4.78, 5) is 13.7. The van der Waals surface area contributed by atoms with Crippen molar-refractivity contribution in [3.8, 4) is 6.07 Å². The van der Waals surface area contributed by atoms with Crippen LogP contribution in [-0.2, 0) is 0 Å². The van der Waals surface area contributed by atoms with E-state index in [1.54, 1.807) is 0 Å². The first-order valence-electron chi connectivity index (χ1n) is 3.54. The van der Waals surface area contributed by atoms with Gasteiger partial charge in [0, 0.05) is 5.56 Å². The lowest BCUT2D eigenvalue weighted by Crippen LogP contribution is -2.03. The molecule has 72 valence electrons. The van der Waals surface area contributed by atoms with Gasteiger partial charge in [-0.1, -0.05) is 0 Å². The number of nitrogens with zero attached hydrogens (tertiary/aromatic N) is 2. The number of aromatic nitrogens is 1. The van der Waals surface area contributed by atoms with E-state index in [-0.39, 0.29) is 11.4 Å². The summed E-state index contributed by atoms with van der Waals surface area (Å²) >= 11 is 0. The molecule has 0 bridgehead atoms. The molecule has 1 heterocycles. The van der Waals surface area contributed by atoms with Crippen molar-refractivity contribution in [3.63, 3.8) is 0 Å². The molecule has 0 aliphatic rings. The quantitative estimate of drug-likeness (QED) is 0.724. The van der Waals surface area contributed by atoms with Crippen LogP contribution in [0.4, 0.5) is 14.6 Å². The molecule has 4 nitrogen and oxygen atoms in total. The average Bonchev–Trinajstić information content (AvgIpc) is 2.16. The largest absolute Gasteiger partial charge is 0.384 e. The molecule has 0 aromatic carbocycles. The third-order valence-electron chi connectivity index (χ3n) is 1.54. The molecule has 0 aliphatic carbocycles. The first-order chi connectivity index (χ1) is 6.60. The second kappa shape index (κ2) is 3.79. The summed E-state index contributed by atoms with van der Waals surface area (Å²) in [5, 5.41) is 8.55. The minimum Gasteiger partial charge on any atom is -0.384 e. The minimum atomic E-state index is -2.92. The summed E-state index contributed by atoms with van der Waals surface area (Å²) in [6.07, 6.45) is -2.63. The van der Waals surface area contributed by atoms with Gasteiger partial charge >= 0.3 is 0 Å². The number of hydrogen-bond acceptors (Lipinski definition) is 4. The molecule has 1 rings (SSSR count). The van der Waals surface area contributed by atoms with Crippen molar-refractivity contribution in [2.75, 3.05) is 5.73 Å². The predicted octanol–water partition coefficient (Wildman–Crippen LogP) is 1.29. The van der Waals surface area contributed by atoms with E-state index in [1.165, 1.54) is 6.07 Å². The van der Waals surface area contributed by atoms with E-state index in [9.17, 15) is 13.6 Å². The van der Waals surface area contributed by atoms with E-state index in [4.69, 9.17) is 11.0 Å². The zero-order valence-corrected chi connectivity index (χ0v) is 6.87. The third kappa shape index (κ3) is 1.66. The van der Waals surface area contributed by atoms with Gasteiger partial charge in [0.15, 0.2) is 6.29 Å². The number of halogens is 2. The highest BCUT2D eigenvalue weighted by Gasteiger charge is 2.18. The summed E-state index contributed by atoms with van der Waals surface area (Å²) in [5.74, 6) is -0.207. The molecule has 14 heavy (non-hydrogen) atoms. The van der Waals surface area contributed by atoms with Gasteiger partial charge in [0.2, 0.25) is 0 Å². The van der Waals surface area contributed by atoms with Crippen LogP contribution in [0.15, 0.2) is 6.07 Å². The number of carbonyl (C=O) groups excluding carboxylic acids is 1. The maximum absolute atomic E-state index is 12.3. The number of carbonyl (C=O) groups is 1. The van der Waals surface area contributed by atoms with E-state index < -0.39 is 17.7 Å². The Labute approximate surface area is 78.0 Å². The van der Waals surface area contributed by atoms with Gasteiger partial charge in [-0.25, -0.2) is 13.8 Å². The van der Waals surface area contributed by atoms with Crippen molar-refractivity contribution >= 4 is 12.1 Å². The summed E-state index contributed by atoms with van der Waals surface area (Å²) in [5.41, 5.74) is 3.83. The molecule has 0 saturated heterocycles. The number of aldehydes is 1. The normalized spacial score (nSPS) is 9.86. The number of nitrogens with two attached hydrogens (primary N) is 1. The van der Waals surface area contributed by atoms with E-state index in [0.717, 1.165) is 6.07 Å². The molecule has 0 unspecified atom stereocenters. The van der Waals surface area contributed by atoms with Crippen molar-refractivity contribution in [2.24, 2.45) is 0 Å². The molecule has 0 spiro atoms. The third-order valence-corrected chi connectivity index (χ3v) is 1.54. The van der Waals surface area contributed by atoms with Crippen LogP contribution >= 0.6 is 0 Å². The highest BCUT2D eigenvalue weighted by molar-refractivity contribution is 5.81. The van der Waals surface area contributed by atoms with Crippen LogP contribution in [0, 0.1) is 11.3 Å². The molecule has 0 aliphatic heterocycles. The fourth-order valence-electron chi connectivity index (χ4n) is 0.979. The van der Waals surface area contributed by atoms with Gasteiger partial charge in [0.1, 0.15) is 17.6 Å². The fraction of sp³-hybridized carbons (Fsp3) is 0.125. The number of anilines is 1. The number of alkyl halides is 2. The van der Waals surface area contributed by atoms with Gasteiger partial charge in [0.25, 0.3) is 6.43 Å². The Morgan fingerprint density at radius 2 is 2.29 bits per heavy atom. The molecule has 0 amide bonds. The van der Waals surface area contributed by atoms with Crippen molar-refractivity contribution in [1.82, 2.24) is 4.98 Å². The van der Waals surface area contributed by atoms with Gasteiger partial charge in [-0.2, -0.15) is 5.26 Å². The Kier molecular flexibility index (Phi) is 2.72. The SMILES string of the molecule is N#Cc1c(C=O)cc(N)nc1C(F)F. The zero-order chi connectivity index (χ0) is 10.7. The molecule has 0 radical (unpaired) electrons. The first kappa shape index (κ1) is 10.1. The summed E-state index contributed by atoms with van der Waals surface area (Å²) < 4.78 is 24.7. The Balaban J connectivity index is 3.49. The molecular formula is C8H5F2N3O. The summed E-state index contributed by atoms with van der Waals surface area (Å²) in [6, 6.07) is 2.58. The Hall–Kier alpha value is -2.03. The van der Waals surface area contributed by atoms with E-state index >= 15 is 0 Å². The van der Waals surface area contributed by atoms with Gasteiger partial charge in [-0.3, -0.25) is 4.79 Å². The summed E-state index contributed by atoms with van der Waals surface area (Å²) in [6.45, 7) is 0. The molecule has 0 atom stereocenters. The Morgan fingerprint density at radius 3 is 2.71 bits per heavy atom. The summed E-state index contributed by atoms with van der Waals surface area (Å²) in [7, 11) is 0. The smallest absolute Gasteiger partial charge is 0.281 e. The molecule has 0 saturated carbocycles. The van der Waals surface area contributed by atoms with E-state index in [0.29, 0.717) is 6.29 Å². The lowest BCUT2D eigenvalue weighted by molar-refractivity contribution is 0.112.